The molecule has 3 rings (SSSR count). The lowest BCUT2D eigenvalue weighted by molar-refractivity contribution is -0.113. The molecule has 0 atom stereocenters. The lowest BCUT2D eigenvalue weighted by Gasteiger charge is -2.12. The van der Waals surface area contributed by atoms with Crippen molar-refractivity contribution in [1.29, 1.82) is 0 Å². The van der Waals surface area contributed by atoms with Gasteiger partial charge in [0, 0.05) is 22.4 Å². The van der Waals surface area contributed by atoms with Gasteiger partial charge in [-0.1, -0.05) is 68.0 Å². The maximum atomic E-state index is 12.1. The predicted molar refractivity (Wildman–Crippen MR) is 102 cm³/mol. The number of amides is 1. The van der Waals surface area contributed by atoms with Crippen LogP contribution in [0.25, 0.3) is 11.3 Å². The lowest BCUT2D eigenvalue weighted by atomic mass is 9.92. The minimum absolute atomic E-state index is 0.115. The number of rotatable bonds is 5. The second kappa shape index (κ2) is 7.41. The van der Waals surface area contributed by atoms with E-state index in [1.807, 2.05) is 56.5 Å². The number of hydrogen-bond acceptors (Lipinski definition) is 6. The van der Waals surface area contributed by atoms with Gasteiger partial charge >= 0.3 is 0 Å². The zero-order chi connectivity index (χ0) is 17.9. The molecule has 2 heterocycles. The molecule has 1 amide bonds. The molecule has 0 aliphatic heterocycles. The van der Waals surface area contributed by atoms with E-state index in [0.29, 0.717) is 5.88 Å². The maximum Gasteiger partial charge on any atom is 0.237 e. The Bertz CT molecular complexity index is 851. The number of benzene rings is 1. The van der Waals surface area contributed by atoms with Gasteiger partial charge in [-0.25, -0.2) is 4.98 Å². The number of carbonyl (C=O) groups is 1. The maximum absolute atomic E-state index is 12.1. The van der Waals surface area contributed by atoms with Crippen molar-refractivity contribution in [3.8, 4) is 11.3 Å². The Kier molecular flexibility index (Phi) is 5.24. The van der Waals surface area contributed by atoms with E-state index in [0.717, 1.165) is 21.3 Å². The van der Waals surface area contributed by atoms with Crippen molar-refractivity contribution < 1.29 is 9.32 Å². The predicted octanol–water partition coefficient (Wildman–Crippen LogP) is 4.83. The van der Waals surface area contributed by atoms with Gasteiger partial charge in [0.25, 0.3) is 0 Å². The van der Waals surface area contributed by atoms with E-state index in [9.17, 15) is 4.79 Å². The zero-order valence-corrected chi connectivity index (χ0v) is 15.9. The first-order valence-corrected chi connectivity index (χ1v) is 9.69. The van der Waals surface area contributed by atoms with Crippen LogP contribution in [0.2, 0.25) is 0 Å². The fourth-order valence-corrected chi connectivity index (χ4v) is 3.69. The highest BCUT2D eigenvalue weighted by atomic mass is 32.2. The Hall–Kier alpha value is -2.12. The molecule has 0 unspecified atom stereocenters. The van der Waals surface area contributed by atoms with E-state index in [2.05, 4.69) is 15.5 Å². The number of thiazole rings is 1. The minimum Gasteiger partial charge on any atom is -0.338 e. The molecule has 0 aliphatic carbocycles. The summed E-state index contributed by atoms with van der Waals surface area (Å²) >= 11 is 2.95. The molecule has 5 nitrogen and oxygen atoms in total. The van der Waals surface area contributed by atoms with Crippen LogP contribution in [0, 0.1) is 0 Å². The van der Waals surface area contributed by atoms with E-state index in [4.69, 9.17) is 4.52 Å². The molecule has 0 saturated carbocycles. The molecule has 0 radical (unpaired) electrons. The molecular formula is C18H19N3O2S2. The number of aromatic nitrogens is 2. The van der Waals surface area contributed by atoms with Crippen LogP contribution in [-0.4, -0.2) is 21.8 Å². The molecule has 0 saturated heterocycles. The third kappa shape index (κ3) is 4.70. The van der Waals surface area contributed by atoms with Gasteiger partial charge in [-0.2, -0.15) is 0 Å². The van der Waals surface area contributed by atoms with Gasteiger partial charge in [0.05, 0.1) is 17.1 Å². The summed E-state index contributed by atoms with van der Waals surface area (Å²) in [5.74, 6) is 0.505. The molecule has 7 heteroatoms. The first-order chi connectivity index (χ1) is 11.9. The van der Waals surface area contributed by atoms with Crippen molar-refractivity contribution >= 4 is 34.9 Å². The van der Waals surface area contributed by atoms with Gasteiger partial charge < -0.3 is 4.52 Å². The van der Waals surface area contributed by atoms with Gasteiger partial charge in [0.15, 0.2) is 4.34 Å². The highest BCUT2D eigenvalue weighted by Crippen LogP contribution is 2.28. The molecule has 1 aromatic carbocycles. The number of nitrogens with zero attached hydrogens (tertiary/aromatic N) is 2. The van der Waals surface area contributed by atoms with Gasteiger partial charge in [-0.3, -0.25) is 10.1 Å². The SMILES string of the molecule is CC(C)(C)c1cc(NC(=O)CSc2nc(-c3ccccc3)cs2)on1. The Morgan fingerprint density at radius 2 is 2.04 bits per heavy atom. The summed E-state index contributed by atoms with van der Waals surface area (Å²) in [5, 5.41) is 8.72. The molecule has 0 fully saturated rings. The van der Waals surface area contributed by atoms with Crippen LogP contribution in [0.3, 0.4) is 0 Å². The summed E-state index contributed by atoms with van der Waals surface area (Å²) in [6, 6.07) is 11.8. The third-order valence-corrected chi connectivity index (χ3v) is 5.44. The number of carbonyl (C=O) groups excluding carboxylic acids is 1. The van der Waals surface area contributed by atoms with Crippen LogP contribution in [0.1, 0.15) is 26.5 Å². The summed E-state index contributed by atoms with van der Waals surface area (Å²) in [4.78, 5) is 16.6. The van der Waals surface area contributed by atoms with Crippen LogP contribution in [0.4, 0.5) is 5.88 Å². The monoisotopic (exact) mass is 373 g/mol. The summed E-state index contributed by atoms with van der Waals surface area (Å²) in [6.45, 7) is 6.12. The molecule has 0 spiro atoms. The Morgan fingerprint density at radius 3 is 2.72 bits per heavy atom. The molecule has 3 aromatic rings. The zero-order valence-electron chi connectivity index (χ0n) is 14.3. The van der Waals surface area contributed by atoms with E-state index in [-0.39, 0.29) is 17.1 Å². The van der Waals surface area contributed by atoms with E-state index in [1.165, 1.54) is 23.1 Å². The second-order valence-electron chi connectivity index (χ2n) is 6.53. The van der Waals surface area contributed by atoms with Crippen LogP contribution in [0.15, 0.2) is 50.6 Å². The van der Waals surface area contributed by atoms with Crippen molar-refractivity contribution in [3.63, 3.8) is 0 Å². The summed E-state index contributed by atoms with van der Waals surface area (Å²) in [7, 11) is 0. The first-order valence-electron chi connectivity index (χ1n) is 7.82. The lowest BCUT2D eigenvalue weighted by Crippen LogP contribution is -2.14. The highest BCUT2D eigenvalue weighted by Gasteiger charge is 2.19. The summed E-state index contributed by atoms with van der Waals surface area (Å²) in [5.41, 5.74) is 2.70. The topological polar surface area (TPSA) is 68.0 Å². The van der Waals surface area contributed by atoms with Crippen LogP contribution in [0.5, 0.6) is 0 Å². The Morgan fingerprint density at radius 1 is 1.28 bits per heavy atom. The fraction of sp³-hybridized carbons (Fsp3) is 0.278. The molecular weight excluding hydrogens is 354 g/mol. The molecule has 0 aliphatic rings. The van der Waals surface area contributed by atoms with Crippen molar-refractivity contribution in [1.82, 2.24) is 10.1 Å². The summed E-state index contributed by atoms with van der Waals surface area (Å²) < 4.78 is 6.03. The molecule has 0 bridgehead atoms. The van der Waals surface area contributed by atoms with Crippen molar-refractivity contribution in [3.05, 3.63) is 47.5 Å². The van der Waals surface area contributed by atoms with E-state index < -0.39 is 0 Å². The number of hydrogen-bond donors (Lipinski definition) is 1. The Balaban J connectivity index is 1.54. The van der Waals surface area contributed by atoms with Crippen molar-refractivity contribution in [2.75, 3.05) is 11.1 Å². The quantitative estimate of drug-likeness (QED) is 0.649. The molecule has 25 heavy (non-hydrogen) atoms. The smallest absolute Gasteiger partial charge is 0.237 e. The second-order valence-corrected chi connectivity index (χ2v) is 8.61. The van der Waals surface area contributed by atoms with Gasteiger partial charge in [-0.15, -0.1) is 11.3 Å². The van der Waals surface area contributed by atoms with Crippen LogP contribution < -0.4 is 5.32 Å². The van der Waals surface area contributed by atoms with Gasteiger partial charge in [0.2, 0.25) is 11.8 Å². The highest BCUT2D eigenvalue weighted by molar-refractivity contribution is 8.01. The average Bonchev–Trinajstić information content (AvgIpc) is 3.23. The van der Waals surface area contributed by atoms with Crippen molar-refractivity contribution in [2.45, 2.75) is 30.5 Å². The van der Waals surface area contributed by atoms with E-state index >= 15 is 0 Å². The number of thioether (sulfide) groups is 1. The van der Waals surface area contributed by atoms with E-state index in [1.54, 1.807) is 6.07 Å². The van der Waals surface area contributed by atoms with Gasteiger partial charge in [-0.05, 0) is 0 Å². The standard InChI is InChI=1S/C18H19N3O2S2/c1-18(2,3)14-9-16(23-21-14)20-15(22)11-25-17-19-13(10-24-17)12-7-5-4-6-8-12/h4-10H,11H2,1-3H3,(H,20,22). The van der Waals surface area contributed by atoms with Crippen molar-refractivity contribution in [2.24, 2.45) is 0 Å². The van der Waals surface area contributed by atoms with Crippen LogP contribution >= 0.6 is 23.1 Å². The number of nitrogens with one attached hydrogen (secondary N) is 1. The molecule has 2 aromatic heterocycles. The molecule has 130 valence electrons. The first kappa shape index (κ1) is 17.7. The van der Waals surface area contributed by atoms with Crippen LogP contribution in [-0.2, 0) is 10.2 Å². The number of anilines is 1. The third-order valence-electron chi connectivity index (χ3n) is 3.42. The summed E-state index contributed by atoms with van der Waals surface area (Å²) in [6.07, 6.45) is 0. The Labute approximate surface area is 154 Å². The largest absolute Gasteiger partial charge is 0.338 e. The minimum atomic E-state index is -0.141. The fourth-order valence-electron chi connectivity index (χ4n) is 2.05. The average molecular weight is 374 g/mol. The van der Waals surface area contributed by atoms with Gasteiger partial charge in [0.1, 0.15) is 0 Å². The normalized spacial score (nSPS) is 11.5. The molecule has 1 N–H and O–H groups in total.